The quantitative estimate of drug-likeness (QED) is 0.813. The average Bonchev–Trinajstić information content (AvgIpc) is 3.37. The third-order valence-corrected chi connectivity index (χ3v) is 6.50. The first kappa shape index (κ1) is 20.5. The number of nitrogens with zero attached hydrogens (tertiary/aromatic N) is 2. The van der Waals surface area contributed by atoms with Crippen molar-refractivity contribution < 1.29 is 23.8 Å². The number of aliphatic hydroxyl groups is 1. The topological polar surface area (TPSA) is 83.2 Å². The van der Waals surface area contributed by atoms with Crippen LogP contribution in [-0.4, -0.2) is 66.6 Å². The lowest BCUT2D eigenvalue weighted by atomic mass is 9.82. The number of likely N-dealkylation sites (tertiary alicyclic amines) is 2. The molecule has 0 unspecified atom stereocenters. The Balaban J connectivity index is 1.42. The number of rotatable bonds is 5. The van der Waals surface area contributed by atoms with Crippen molar-refractivity contribution in [3.63, 3.8) is 0 Å². The van der Waals surface area contributed by atoms with E-state index in [1.807, 2.05) is 36.1 Å². The third kappa shape index (κ3) is 3.58. The molecule has 4 rings (SSSR count). The van der Waals surface area contributed by atoms with Gasteiger partial charge in [0.2, 0.25) is 5.91 Å². The van der Waals surface area contributed by atoms with Crippen LogP contribution in [0.5, 0.6) is 5.75 Å². The van der Waals surface area contributed by atoms with Crippen LogP contribution in [-0.2, 0) is 11.2 Å². The third-order valence-electron chi connectivity index (χ3n) is 6.50. The molecule has 2 aliphatic heterocycles. The lowest BCUT2D eigenvalue weighted by Crippen LogP contribution is -2.40. The predicted molar refractivity (Wildman–Crippen MR) is 110 cm³/mol. The molecule has 2 aliphatic rings. The largest absolute Gasteiger partial charge is 0.497 e. The van der Waals surface area contributed by atoms with Gasteiger partial charge >= 0.3 is 0 Å². The van der Waals surface area contributed by atoms with Gasteiger partial charge in [-0.3, -0.25) is 9.59 Å². The maximum Gasteiger partial charge on any atom is 0.257 e. The Morgan fingerprint density at radius 3 is 2.40 bits per heavy atom. The van der Waals surface area contributed by atoms with Crippen molar-refractivity contribution >= 4 is 11.8 Å². The lowest BCUT2D eigenvalue weighted by molar-refractivity contribution is -0.130. The molecule has 0 radical (unpaired) electrons. The Morgan fingerprint density at radius 1 is 1.17 bits per heavy atom. The Hall–Kier alpha value is -2.80. The van der Waals surface area contributed by atoms with Crippen LogP contribution in [0, 0.1) is 25.2 Å². The highest BCUT2D eigenvalue weighted by Gasteiger charge is 2.54. The van der Waals surface area contributed by atoms with Gasteiger partial charge in [0.05, 0.1) is 25.7 Å². The number of hydrogen-bond acceptors (Lipinski definition) is 5. The summed E-state index contributed by atoms with van der Waals surface area (Å²) in [4.78, 5) is 29.5. The Bertz CT molecular complexity index is 951. The van der Waals surface area contributed by atoms with Crippen LogP contribution in [0.4, 0.5) is 0 Å². The number of fused-ring (bicyclic) bond motifs is 1. The van der Waals surface area contributed by atoms with E-state index < -0.39 is 5.41 Å². The van der Waals surface area contributed by atoms with E-state index in [0.717, 1.165) is 11.3 Å². The second kappa shape index (κ2) is 7.80. The molecule has 1 N–H and O–H groups in total. The highest BCUT2D eigenvalue weighted by atomic mass is 16.5. The minimum absolute atomic E-state index is 0.0431. The van der Waals surface area contributed by atoms with Crippen LogP contribution in [0.25, 0.3) is 0 Å². The van der Waals surface area contributed by atoms with Crippen LogP contribution in [0.3, 0.4) is 0 Å². The molecular formula is C23H28N2O5. The number of carbonyl (C=O) groups is 2. The molecular weight excluding hydrogens is 384 g/mol. The summed E-state index contributed by atoms with van der Waals surface area (Å²) in [6.45, 7) is 5.58. The van der Waals surface area contributed by atoms with Gasteiger partial charge in [0, 0.05) is 37.5 Å². The minimum atomic E-state index is -0.460. The fraction of sp³-hybridized carbons (Fsp3) is 0.478. The molecule has 2 aromatic rings. The lowest BCUT2D eigenvalue weighted by Gasteiger charge is -2.27. The smallest absolute Gasteiger partial charge is 0.257 e. The molecule has 2 fully saturated rings. The molecule has 7 heteroatoms. The zero-order valence-electron chi connectivity index (χ0n) is 17.7. The first-order valence-corrected chi connectivity index (χ1v) is 10.2. The van der Waals surface area contributed by atoms with Crippen LogP contribution in [0.2, 0.25) is 0 Å². The van der Waals surface area contributed by atoms with E-state index in [-0.39, 0.29) is 24.3 Å². The standard InChI is InChI=1S/C23H28N2O5/c1-15-8-20(16(2)30-15)22(28)25-11-18-10-24(12-23(18,13-25)14-26)21(27)9-17-4-6-19(29-3)7-5-17/h4-8,18,26H,9-14H2,1-3H3/t18-,23+/m0/s1. The van der Waals surface area contributed by atoms with E-state index in [9.17, 15) is 14.7 Å². The van der Waals surface area contributed by atoms with Crippen molar-refractivity contribution in [2.24, 2.45) is 11.3 Å². The number of ether oxygens (including phenoxy) is 1. The normalized spacial score (nSPS) is 23.0. The number of carbonyl (C=O) groups excluding carboxylic acids is 2. The van der Waals surface area contributed by atoms with E-state index in [1.165, 1.54) is 0 Å². The van der Waals surface area contributed by atoms with Crippen molar-refractivity contribution in [1.82, 2.24) is 9.80 Å². The average molecular weight is 412 g/mol. The number of benzene rings is 1. The molecule has 3 heterocycles. The number of aliphatic hydroxyl groups excluding tert-OH is 1. The summed E-state index contributed by atoms with van der Waals surface area (Å²) in [6.07, 6.45) is 0.314. The van der Waals surface area contributed by atoms with Crippen LogP contribution >= 0.6 is 0 Å². The molecule has 2 atom stereocenters. The summed E-state index contributed by atoms with van der Waals surface area (Å²) in [5.74, 6) is 2.13. The Morgan fingerprint density at radius 2 is 1.83 bits per heavy atom. The summed E-state index contributed by atoms with van der Waals surface area (Å²) in [5, 5.41) is 10.2. The molecule has 0 bridgehead atoms. The Labute approximate surface area is 176 Å². The summed E-state index contributed by atoms with van der Waals surface area (Å²) < 4.78 is 10.7. The van der Waals surface area contributed by atoms with Crippen molar-refractivity contribution in [1.29, 1.82) is 0 Å². The van der Waals surface area contributed by atoms with E-state index in [2.05, 4.69) is 0 Å². The maximum atomic E-state index is 13.0. The predicted octanol–water partition coefficient (Wildman–Crippen LogP) is 2.04. The van der Waals surface area contributed by atoms with Crippen molar-refractivity contribution in [2.45, 2.75) is 20.3 Å². The number of aryl methyl sites for hydroxylation is 2. The molecule has 160 valence electrons. The number of methoxy groups -OCH3 is 1. The van der Waals surface area contributed by atoms with E-state index in [0.29, 0.717) is 49.7 Å². The molecule has 30 heavy (non-hydrogen) atoms. The number of hydrogen-bond donors (Lipinski definition) is 1. The van der Waals surface area contributed by atoms with Gasteiger partial charge in [-0.15, -0.1) is 0 Å². The highest BCUT2D eigenvalue weighted by Crippen LogP contribution is 2.43. The molecule has 0 saturated carbocycles. The van der Waals surface area contributed by atoms with Gasteiger partial charge < -0.3 is 24.1 Å². The Kier molecular flexibility index (Phi) is 5.32. The summed E-state index contributed by atoms with van der Waals surface area (Å²) in [5.41, 5.74) is 1.05. The van der Waals surface area contributed by atoms with Crippen LogP contribution < -0.4 is 4.74 Å². The van der Waals surface area contributed by atoms with Gasteiger partial charge in [0.25, 0.3) is 5.91 Å². The van der Waals surface area contributed by atoms with Crippen molar-refractivity contribution in [3.8, 4) is 5.75 Å². The van der Waals surface area contributed by atoms with Crippen molar-refractivity contribution in [2.75, 3.05) is 39.9 Å². The first-order valence-electron chi connectivity index (χ1n) is 10.2. The SMILES string of the molecule is COc1ccc(CC(=O)N2C[C@H]3CN(C(=O)c4cc(C)oc4C)C[C@@]3(CO)C2)cc1. The minimum Gasteiger partial charge on any atom is -0.497 e. The zero-order valence-corrected chi connectivity index (χ0v) is 17.7. The van der Waals surface area contributed by atoms with E-state index in [4.69, 9.17) is 9.15 Å². The molecule has 1 aromatic carbocycles. The fourth-order valence-corrected chi connectivity index (χ4v) is 4.79. The van der Waals surface area contributed by atoms with E-state index >= 15 is 0 Å². The molecule has 7 nitrogen and oxygen atoms in total. The summed E-state index contributed by atoms with van der Waals surface area (Å²) >= 11 is 0. The van der Waals surface area contributed by atoms with Crippen molar-refractivity contribution in [3.05, 3.63) is 53.0 Å². The van der Waals surface area contributed by atoms with Gasteiger partial charge in [-0.1, -0.05) is 12.1 Å². The fourth-order valence-electron chi connectivity index (χ4n) is 4.79. The molecule has 0 aliphatic carbocycles. The molecule has 2 saturated heterocycles. The van der Waals surface area contributed by atoms with Gasteiger partial charge in [0.1, 0.15) is 17.3 Å². The van der Waals surface area contributed by atoms with Gasteiger partial charge in [-0.05, 0) is 37.6 Å². The second-order valence-electron chi connectivity index (χ2n) is 8.53. The van der Waals surface area contributed by atoms with Gasteiger partial charge in [-0.2, -0.15) is 0 Å². The monoisotopic (exact) mass is 412 g/mol. The molecule has 2 amide bonds. The van der Waals surface area contributed by atoms with E-state index in [1.54, 1.807) is 25.0 Å². The number of amides is 2. The van der Waals surface area contributed by atoms with Gasteiger partial charge in [-0.25, -0.2) is 0 Å². The highest BCUT2D eigenvalue weighted by molar-refractivity contribution is 5.95. The molecule has 0 spiro atoms. The van der Waals surface area contributed by atoms with Crippen LogP contribution in [0.1, 0.15) is 27.4 Å². The maximum absolute atomic E-state index is 13.0. The number of furan rings is 1. The summed E-state index contributed by atoms with van der Waals surface area (Å²) in [6, 6.07) is 9.25. The second-order valence-corrected chi connectivity index (χ2v) is 8.53. The zero-order chi connectivity index (χ0) is 21.5. The van der Waals surface area contributed by atoms with Gasteiger partial charge in [0.15, 0.2) is 0 Å². The van der Waals surface area contributed by atoms with Crippen LogP contribution in [0.15, 0.2) is 34.7 Å². The molecule has 1 aromatic heterocycles. The summed E-state index contributed by atoms with van der Waals surface area (Å²) in [7, 11) is 1.61. The first-order chi connectivity index (χ1) is 14.3.